The molecule has 0 fully saturated rings. The van der Waals surface area contributed by atoms with Crippen LogP contribution in [0, 0.1) is 5.82 Å². The number of H-pyrrole nitrogens is 1. The molecule has 3 N–H and O–H groups in total. The Balaban J connectivity index is 1.66. The van der Waals surface area contributed by atoms with Crippen LogP contribution >= 0.6 is 0 Å². The van der Waals surface area contributed by atoms with Gasteiger partial charge in [-0.2, -0.15) is 0 Å². The number of aromatic nitrogens is 2. The van der Waals surface area contributed by atoms with Gasteiger partial charge in [0.05, 0.1) is 6.61 Å². The summed E-state index contributed by atoms with van der Waals surface area (Å²) in [6.07, 6.45) is 5.05. The zero-order chi connectivity index (χ0) is 21.8. The van der Waals surface area contributed by atoms with Crippen LogP contribution in [0.3, 0.4) is 0 Å². The molecule has 0 amide bonds. The van der Waals surface area contributed by atoms with Gasteiger partial charge in [0.25, 0.3) is 0 Å². The molecule has 3 heterocycles. The summed E-state index contributed by atoms with van der Waals surface area (Å²) in [6, 6.07) is 8.94. The van der Waals surface area contributed by atoms with E-state index in [1.807, 2.05) is 6.07 Å². The lowest BCUT2D eigenvalue weighted by molar-refractivity contribution is -0.140. The van der Waals surface area contributed by atoms with Gasteiger partial charge in [-0.3, -0.25) is 4.79 Å². The molecule has 0 aliphatic carbocycles. The highest BCUT2D eigenvalue weighted by molar-refractivity contribution is 6.26. The second-order valence-electron chi connectivity index (χ2n) is 6.63. The normalized spacial score (nSPS) is 14.9. The number of pyridine rings is 1. The van der Waals surface area contributed by atoms with E-state index in [0.29, 0.717) is 16.9 Å². The van der Waals surface area contributed by atoms with Gasteiger partial charge in [0, 0.05) is 42.1 Å². The molecule has 31 heavy (non-hydrogen) atoms. The summed E-state index contributed by atoms with van der Waals surface area (Å²) >= 11 is 0. The highest BCUT2D eigenvalue weighted by Crippen LogP contribution is 2.30. The van der Waals surface area contributed by atoms with Gasteiger partial charge in [-0.1, -0.05) is 0 Å². The molecule has 2 aromatic heterocycles. The number of nitrogens with zero attached hydrogens (tertiary/aromatic N) is 1. The third-order valence-electron chi connectivity index (χ3n) is 4.50. The van der Waals surface area contributed by atoms with Crippen LogP contribution in [-0.4, -0.2) is 40.0 Å². The number of rotatable bonds is 7. The van der Waals surface area contributed by atoms with Crippen LogP contribution in [0.4, 0.5) is 10.1 Å². The Morgan fingerprint density at radius 3 is 2.87 bits per heavy atom. The van der Waals surface area contributed by atoms with Crippen LogP contribution < -0.4 is 5.32 Å². The average molecular weight is 423 g/mol. The van der Waals surface area contributed by atoms with Crippen molar-refractivity contribution < 1.29 is 28.6 Å². The summed E-state index contributed by atoms with van der Waals surface area (Å²) in [5.74, 6) is -2.16. The lowest BCUT2D eigenvalue weighted by atomic mass is 10.1. The number of ketones is 1. The number of anilines is 1. The van der Waals surface area contributed by atoms with Gasteiger partial charge in [-0.15, -0.1) is 0 Å². The van der Waals surface area contributed by atoms with E-state index in [0.717, 1.165) is 5.39 Å². The minimum Gasteiger partial charge on any atom is -0.462 e. The first-order valence-electron chi connectivity index (χ1n) is 9.48. The van der Waals surface area contributed by atoms with Gasteiger partial charge < -0.3 is 24.9 Å². The average Bonchev–Trinajstić information content (AvgIpc) is 3.31. The van der Waals surface area contributed by atoms with Crippen LogP contribution in [0.2, 0.25) is 0 Å². The predicted molar refractivity (Wildman–Crippen MR) is 110 cm³/mol. The van der Waals surface area contributed by atoms with Crippen LogP contribution in [0.15, 0.2) is 66.0 Å². The van der Waals surface area contributed by atoms with Gasteiger partial charge in [0.2, 0.25) is 11.7 Å². The van der Waals surface area contributed by atoms with E-state index in [1.54, 1.807) is 18.5 Å². The molecule has 1 aliphatic heterocycles. The highest BCUT2D eigenvalue weighted by atomic mass is 19.1. The number of allylic oxidation sites excluding steroid dienone is 1. The lowest BCUT2D eigenvalue weighted by Gasteiger charge is -2.09. The Morgan fingerprint density at radius 2 is 2.10 bits per heavy atom. The van der Waals surface area contributed by atoms with Crippen LogP contribution in [0.1, 0.15) is 12.0 Å². The van der Waals surface area contributed by atoms with E-state index >= 15 is 0 Å². The molecule has 0 atom stereocenters. The SMILES string of the molecule is O=C(OCCCO)C1=C(Nc2ccc(F)cc2)O/C(=C\c2c[nH]c3ncccc23)C1=O. The van der Waals surface area contributed by atoms with Crippen molar-refractivity contribution in [3.8, 4) is 0 Å². The first-order chi connectivity index (χ1) is 15.1. The third kappa shape index (κ3) is 4.31. The Bertz CT molecular complexity index is 1200. The second-order valence-corrected chi connectivity index (χ2v) is 6.63. The zero-order valence-electron chi connectivity index (χ0n) is 16.2. The molecule has 9 heteroatoms. The van der Waals surface area contributed by atoms with Crippen LogP contribution in [0.25, 0.3) is 17.1 Å². The number of aliphatic hydroxyl groups is 1. The number of fused-ring (bicyclic) bond motifs is 1. The fourth-order valence-electron chi connectivity index (χ4n) is 3.01. The van der Waals surface area contributed by atoms with Crippen molar-refractivity contribution in [3.63, 3.8) is 0 Å². The maximum Gasteiger partial charge on any atom is 0.347 e. The monoisotopic (exact) mass is 423 g/mol. The molecule has 0 saturated carbocycles. The minimum atomic E-state index is -0.882. The molecule has 1 aliphatic rings. The number of carbonyl (C=O) groups excluding carboxylic acids is 2. The molecule has 158 valence electrons. The first kappa shape index (κ1) is 20.3. The lowest BCUT2D eigenvalue weighted by Crippen LogP contribution is -2.17. The minimum absolute atomic E-state index is 0.0525. The molecular weight excluding hydrogens is 405 g/mol. The van der Waals surface area contributed by atoms with Gasteiger partial charge in [0.1, 0.15) is 11.5 Å². The quantitative estimate of drug-likeness (QED) is 0.232. The van der Waals surface area contributed by atoms with Crippen LogP contribution in [0.5, 0.6) is 0 Å². The molecular formula is C22H18FN3O5. The molecule has 3 aromatic rings. The topological polar surface area (TPSA) is 114 Å². The van der Waals surface area contributed by atoms with Gasteiger partial charge >= 0.3 is 5.97 Å². The molecule has 8 nitrogen and oxygen atoms in total. The van der Waals surface area contributed by atoms with Crippen molar-refractivity contribution in [2.24, 2.45) is 0 Å². The number of halogens is 1. The fraction of sp³-hybridized carbons (Fsp3) is 0.136. The number of ether oxygens (including phenoxy) is 2. The number of nitrogens with one attached hydrogen (secondary N) is 2. The number of aromatic amines is 1. The van der Waals surface area contributed by atoms with Gasteiger partial charge in [-0.25, -0.2) is 14.2 Å². The Hall–Kier alpha value is -3.98. The Kier molecular flexibility index (Phi) is 5.76. The maximum absolute atomic E-state index is 13.2. The van der Waals surface area contributed by atoms with Crippen molar-refractivity contribution in [2.45, 2.75) is 6.42 Å². The standard InChI is InChI=1S/C22H18FN3O5/c23-14-4-6-15(7-5-14)26-21-18(22(29)30-10-2-9-27)19(28)17(31-21)11-13-12-25-20-16(13)3-1-8-24-20/h1,3-8,11-12,26-27H,2,9-10H2,(H,24,25)/b17-11-. The smallest absolute Gasteiger partial charge is 0.347 e. The van der Waals surface area contributed by atoms with E-state index in [-0.39, 0.29) is 36.8 Å². The van der Waals surface area contributed by atoms with Gasteiger partial charge in [-0.05, 0) is 42.5 Å². The summed E-state index contributed by atoms with van der Waals surface area (Å²) in [5.41, 5.74) is 1.40. The highest BCUT2D eigenvalue weighted by Gasteiger charge is 2.37. The molecule has 0 saturated heterocycles. The number of hydrogen-bond donors (Lipinski definition) is 3. The number of hydrogen-bond acceptors (Lipinski definition) is 7. The Morgan fingerprint density at radius 1 is 1.29 bits per heavy atom. The first-order valence-corrected chi connectivity index (χ1v) is 9.48. The largest absolute Gasteiger partial charge is 0.462 e. The van der Waals surface area contributed by atoms with Crippen LogP contribution in [-0.2, 0) is 19.1 Å². The number of benzene rings is 1. The summed E-state index contributed by atoms with van der Waals surface area (Å²) < 4.78 is 24.0. The number of carbonyl (C=O) groups is 2. The predicted octanol–water partition coefficient (Wildman–Crippen LogP) is 2.89. The number of aliphatic hydroxyl groups excluding tert-OH is 1. The summed E-state index contributed by atoms with van der Waals surface area (Å²) in [5, 5.41) is 12.5. The fourth-order valence-corrected chi connectivity index (χ4v) is 3.01. The van der Waals surface area contributed by atoms with Crippen molar-refractivity contribution >= 4 is 34.5 Å². The van der Waals surface area contributed by atoms with E-state index in [2.05, 4.69) is 15.3 Å². The third-order valence-corrected chi connectivity index (χ3v) is 4.50. The van der Waals surface area contributed by atoms with Crippen molar-refractivity contribution in [1.29, 1.82) is 0 Å². The molecule has 0 radical (unpaired) electrons. The van der Waals surface area contributed by atoms with E-state index in [1.165, 1.54) is 30.3 Å². The summed E-state index contributed by atoms with van der Waals surface area (Å²) in [4.78, 5) is 32.7. The summed E-state index contributed by atoms with van der Waals surface area (Å²) in [7, 11) is 0. The number of esters is 1. The van der Waals surface area contributed by atoms with E-state index in [4.69, 9.17) is 14.6 Å². The summed E-state index contributed by atoms with van der Waals surface area (Å²) in [6.45, 7) is -0.208. The Labute approximate surface area is 176 Å². The molecule has 0 unspecified atom stereocenters. The van der Waals surface area contributed by atoms with Crippen molar-refractivity contribution in [2.75, 3.05) is 18.5 Å². The second kappa shape index (κ2) is 8.80. The van der Waals surface area contributed by atoms with Crippen molar-refractivity contribution in [3.05, 3.63) is 77.4 Å². The zero-order valence-corrected chi connectivity index (χ0v) is 16.2. The van der Waals surface area contributed by atoms with Gasteiger partial charge in [0.15, 0.2) is 11.3 Å². The maximum atomic E-state index is 13.2. The molecule has 0 bridgehead atoms. The van der Waals surface area contributed by atoms with E-state index < -0.39 is 17.6 Å². The molecule has 1 aromatic carbocycles. The van der Waals surface area contributed by atoms with E-state index in [9.17, 15) is 14.0 Å². The van der Waals surface area contributed by atoms with Crippen molar-refractivity contribution in [1.82, 2.24) is 9.97 Å². The molecule has 4 rings (SSSR count). The number of Topliss-reactive ketones (excluding diaryl/α,β-unsaturated/α-hetero) is 1. The molecule has 0 spiro atoms.